The predicted molar refractivity (Wildman–Crippen MR) is 67.5 cm³/mol. The van der Waals surface area contributed by atoms with E-state index in [0.29, 0.717) is 16.7 Å². The molecular weight excluding hydrogens is 232 g/mol. The van der Waals surface area contributed by atoms with Gasteiger partial charge in [0, 0.05) is 17.3 Å². The molecule has 0 unspecified atom stereocenters. The summed E-state index contributed by atoms with van der Waals surface area (Å²) in [6.45, 7) is 2.45. The van der Waals surface area contributed by atoms with Crippen molar-refractivity contribution < 1.29 is 5.11 Å². The Bertz CT molecular complexity index is 357. The summed E-state index contributed by atoms with van der Waals surface area (Å²) in [5.41, 5.74) is 1.94. The molecule has 0 aromatic heterocycles. The van der Waals surface area contributed by atoms with Crippen LogP contribution in [0.25, 0.3) is 0 Å². The van der Waals surface area contributed by atoms with Gasteiger partial charge in [0.1, 0.15) is 0 Å². The van der Waals surface area contributed by atoms with E-state index in [1.165, 1.54) is 0 Å². The second kappa shape index (κ2) is 5.90. The Labute approximate surface area is 99.4 Å². The molecule has 0 saturated carbocycles. The lowest BCUT2D eigenvalue weighted by atomic mass is 10.2. The van der Waals surface area contributed by atoms with E-state index in [-0.39, 0.29) is 6.61 Å². The smallest absolute Gasteiger partial charge is 0.170 e. The largest absolute Gasteiger partial charge is 0.395 e. The van der Waals surface area contributed by atoms with Crippen LogP contribution in [0, 0.1) is 6.92 Å². The van der Waals surface area contributed by atoms with Crippen molar-refractivity contribution in [2.24, 2.45) is 0 Å². The van der Waals surface area contributed by atoms with Gasteiger partial charge in [-0.3, -0.25) is 0 Å². The van der Waals surface area contributed by atoms with Gasteiger partial charge in [-0.1, -0.05) is 11.6 Å². The minimum atomic E-state index is 0.0570. The molecule has 82 valence electrons. The predicted octanol–water partition coefficient (Wildman–Crippen LogP) is 1.93. The van der Waals surface area contributed by atoms with Crippen molar-refractivity contribution in [3.05, 3.63) is 28.8 Å². The fourth-order valence-electron chi connectivity index (χ4n) is 1.10. The van der Waals surface area contributed by atoms with Crippen molar-refractivity contribution in [2.45, 2.75) is 6.92 Å². The second-order valence-corrected chi connectivity index (χ2v) is 3.91. The Hall–Kier alpha value is -0.840. The number of nitrogens with one attached hydrogen (secondary N) is 2. The minimum absolute atomic E-state index is 0.0570. The highest BCUT2D eigenvalue weighted by Crippen LogP contribution is 2.19. The number of benzene rings is 1. The number of halogens is 1. The Morgan fingerprint density at radius 2 is 2.27 bits per heavy atom. The normalized spacial score (nSPS) is 9.80. The van der Waals surface area contributed by atoms with Gasteiger partial charge in [0.2, 0.25) is 0 Å². The zero-order valence-corrected chi connectivity index (χ0v) is 9.95. The SMILES string of the molecule is Cc1cc(Cl)ccc1NC(=S)NCCO. The highest BCUT2D eigenvalue weighted by Gasteiger charge is 2.00. The third kappa shape index (κ3) is 4.03. The lowest BCUT2D eigenvalue weighted by molar-refractivity contribution is 0.301. The lowest BCUT2D eigenvalue weighted by Gasteiger charge is -2.11. The van der Waals surface area contributed by atoms with Crippen molar-refractivity contribution in [1.29, 1.82) is 0 Å². The van der Waals surface area contributed by atoms with Crippen LogP contribution in [0.15, 0.2) is 18.2 Å². The zero-order chi connectivity index (χ0) is 11.3. The van der Waals surface area contributed by atoms with Gasteiger partial charge in [0.25, 0.3) is 0 Å². The maximum atomic E-state index is 8.60. The average molecular weight is 245 g/mol. The van der Waals surface area contributed by atoms with Crippen molar-refractivity contribution in [2.75, 3.05) is 18.5 Å². The first-order chi connectivity index (χ1) is 7.13. The fourth-order valence-corrected chi connectivity index (χ4v) is 1.54. The third-order valence-corrected chi connectivity index (χ3v) is 2.32. The number of hydrogen-bond donors (Lipinski definition) is 3. The Balaban J connectivity index is 2.60. The molecule has 0 saturated heterocycles. The maximum Gasteiger partial charge on any atom is 0.170 e. The molecule has 1 aromatic carbocycles. The molecule has 3 N–H and O–H groups in total. The van der Waals surface area contributed by atoms with Crippen molar-refractivity contribution >= 4 is 34.6 Å². The summed E-state index contributed by atoms with van der Waals surface area (Å²) in [5, 5.41) is 15.7. The Morgan fingerprint density at radius 3 is 2.87 bits per heavy atom. The molecule has 1 aromatic rings. The van der Waals surface area contributed by atoms with E-state index < -0.39 is 0 Å². The molecular formula is C10H13ClN2OS. The van der Waals surface area contributed by atoms with Gasteiger partial charge < -0.3 is 15.7 Å². The average Bonchev–Trinajstić information content (AvgIpc) is 2.19. The molecule has 0 bridgehead atoms. The van der Waals surface area contributed by atoms with E-state index in [9.17, 15) is 0 Å². The van der Waals surface area contributed by atoms with E-state index in [0.717, 1.165) is 11.3 Å². The summed E-state index contributed by atoms with van der Waals surface area (Å²) in [5.74, 6) is 0. The van der Waals surface area contributed by atoms with E-state index in [1.54, 1.807) is 6.07 Å². The number of aryl methyl sites for hydroxylation is 1. The molecule has 0 aliphatic rings. The first-order valence-electron chi connectivity index (χ1n) is 4.55. The van der Waals surface area contributed by atoms with Crippen molar-refractivity contribution in [3.63, 3.8) is 0 Å². The lowest BCUT2D eigenvalue weighted by Crippen LogP contribution is -2.30. The van der Waals surface area contributed by atoms with Crippen LogP contribution in [0.4, 0.5) is 5.69 Å². The molecule has 0 amide bonds. The van der Waals surface area contributed by atoms with Crippen molar-refractivity contribution in [3.8, 4) is 0 Å². The Kier molecular flexibility index (Phi) is 4.81. The van der Waals surface area contributed by atoms with E-state index in [1.807, 2.05) is 19.1 Å². The summed E-state index contributed by atoms with van der Waals surface area (Å²) in [4.78, 5) is 0. The second-order valence-electron chi connectivity index (χ2n) is 3.06. The third-order valence-electron chi connectivity index (χ3n) is 1.83. The molecule has 0 aliphatic carbocycles. The van der Waals surface area contributed by atoms with Crippen LogP contribution in [0.1, 0.15) is 5.56 Å². The van der Waals surface area contributed by atoms with Crippen LogP contribution < -0.4 is 10.6 Å². The number of aliphatic hydroxyl groups excluding tert-OH is 1. The minimum Gasteiger partial charge on any atom is -0.395 e. The van der Waals surface area contributed by atoms with E-state index in [4.69, 9.17) is 28.9 Å². The zero-order valence-electron chi connectivity index (χ0n) is 8.38. The molecule has 3 nitrogen and oxygen atoms in total. The summed E-state index contributed by atoms with van der Waals surface area (Å²) in [6.07, 6.45) is 0. The number of anilines is 1. The van der Waals surface area contributed by atoms with Gasteiger partial charge in [0.15, 0.2) is 5.11 Å². The summed E-state index contributed by atoms with van der Waals surface area (Å²) < 4.78 is 0. The summed E-state index contributed by atoms with van der Waals surface area (Å²) >= 11 is 10.9. The standard InChI is InChI=1S/C10H13ClN2OS/c1-7-6-8(11)2-3-9(7)13-10(15)12-4-5-14/h2-3,6,14H,4-5H2,1H3,(H2,12,13,15). The van der Waals surface area contributed by atoms with Crippen LogP contribution in [-0.4, -0.2) is 23.4 Å². The fraction of sp³-hybridized carbons (Fsp3) is 0.300. The first-order valence-corrected chi connectivity index (χ1v) is 5.34. The van der Waals surface area contributed by atoms with Gasteiger partial charge in [-0.15, -0.1) is 0 Å². The van der Waals surface area contributed by atoms with Gasteiger partial charge in [-0.2, -0.15) is 0 Å². The molecule has 0 spiro atoms. The number of aliphatic hydroxyl groups is 1. The molecule has 0 heterocycles. The van der Waals surface area contributed by atoms with Crippen LogP contribution in [0.3, 0.4) is 0 Å². The number of thiocarbonyl (C=S) groups is 1. The van der Waals surface area contributed by atoms with Crippen molar-refractivity contribution in [1.82, 2.24) is 5.32 Å². The molecule has 0 aliphatic heterocycles. The van der Waals surface area contributed by atoms with E-state index >= 15 is 0 Å². The molecule has 5 heteroatoms. The maximum absolute atomic E-state index is 8.60. The van der Waals surface area contributed by atoms with Crippen LogP contribution in [0.5, 0.6) is 0 Å². The summed E-state index contributed by atoms with van der Waals surface area (Å²) in [6, 6.07) is 5.52. The van der Waals surface area contributed by atoms with Gasteiger partial charge in [-0.25, -0.2) is 0 Å². The van der Waals surface area contributed by atoms with Gasteiger partial charge >= 0.3 is 0 Å². The highest BCUT2D eigenvalue weighted by molar-refractivity contribution is 7.80. The molecule has 1 rings (SSSR count). The quantitative estimate of drug-likeness (QED) is 0.711. The van der Waals surface area contributed by atoms with E-state index in [2.05, 4.69) is 10.6 Å². The van der Waals surface area contributed by atoms with Crippen LogP contribution >= 0.6 is 23.8 Å². The van der Waals surface area contributed by atoms with Crippen LogP contribution in [-0.2, 0) is 0 Å². The highest BCUT2D eigenvalue weighted by atomic mass is 35.5. The van der Waals surface area contributed by atoms with Crippen LogP contribution in [0.2, 0.25) is 5.02 Å². The van der Waals surface area contributed by atoms with Gasteiger partial charge in [-0.05, 0) is 42.9 Å². The first kappa shape index (κ1) is 12.2. The Morgan fingerprint density at radius 1 is 1.53 bits per heavy atom. The monoisotopic (exact) mass is 244 g/mol. The number of hydrogen-bond acceptors (Lipinski definition) is 2. The molecule has 0 fully saturated rings. The molecule has 0 atom stereocenters. The topological polar surface area (TPSA) is 44.3 Å². The molecule has 15 heavy (non-hydrogen) atoms. The molecule has 0 radical (unpaired) electrons. The van der Waals surface area contributed by atoms with Gasteiger partial charge in [0.05, 0.1) is 6.61 Å². The summed E-state index contributed by atoms with van der Waals surface area (Å²) in [7, 11) is 0. The number of rotatable bonds is 3.